The van der Waals surface area contributed by atoms with E-state index in [2.05, 4.69) is 0 Å². The highest BCUT2D eigenvalue weighted by molar-refractivity contribution is 7.10. The van der Waals surface area contributed by atoms with Crippen molar-refractivity contribution in [3.8, 4) is 0 Å². The van der Waals surface area contributed by atoms with E-state index in [4.69, 9.17) is 9.84 Å². The van der Waals surface area contributed by atoms with Crippen molar-refractivity contribution >= 4 is 23.4 Å². The third kappa shape index (κ3) is 3.26. The number of fused-ring (bicyclic) bond motifs is 1. The highest BCUT2D eigenvalue weighted by Gasteiger charge is 2.28. The second kappa shape index (κ2) is 6.06. The molecule has 1 atom stereocenters. The summed E-state index contributed by atoms with van der Waals surface area (Å²) in [7, 11) is 0. The molecule has 6 heteroatoms. The minimum absolute atomic E-state index is 0.0413. The van der Waals surface area contributed by atoms with Gasteiger partial charge in [-0.15, -0.1) is 11.3 Å². The van der Waals surface area contributed by atoms with Crippen molar-refractivity contribution in [2.24, 2.45) is 0 Å². The van der Waals surface area contributed by atoms with Crippen LogP contribution in [0.1, 0.15) is 29.7 Å². The van der Waals surface area contributed by atoms with Crippen molar-refractivity contribution < 1.29 is 19.4 Å². The molecule has 5 nitrogen and oxygen atoms in total. The molecule has 0 spiro atoms. The second-order valence-electron chi connectivity index (χ2n) is 4.49. The van der Waals surface area contributed by atoms with E-state index in [0.29, 0.717) is 19.7 Å². The predicted molar refractivity (Wildman–Crippen MR) is 71.6 cm³/mol. The Morgan fingerprint density at radius 3 is 3.05 bits per heavy atom. The molecule has 0 aliphatic carbocycles. The Kier molecular flexibility index (Phi) is 4.42. The van der Waals surface area contributed by atoms with Gasteiger partial charge in [0.15, 0.2) is 0 Å². The normalized spacial score (nSPS) is 18.6. The zero-order chi connectivity index (χ0) is 13.8. The van der Waals surface area contributed by atoms with Crippen LogP contribution < -0.4 is 0 Å². The number of amides is 1. The Labute approximate surface area is 115 Å². The Morgan fingerprint density at radius 2 is 2.37 bits per heavy atom. The van der Waals surface area contributed by atoms with Gasteiger partial charge in [-0.05, 0) is 30.4 Å². The summed E-state index contributed by atoms with van der Waals surface area (Å²) in [4.78, 5) is 25.6. The van der Waals surface area contributed by atoms with E-state index >= 15 is 0 Å². The molecule has 0 saturated carbocycles. The summed E-state index contributed by atoms with van der Waals surface area (Å²) in [5.41, 5.74) is 1.07. The number of aliphatic carboxylic acids is 1. The first-order valence-electron chi connectivity index (χ1n) is 6.31. The van der Waals surface area contributed by atoms with Crippen LogP contribution in [0.2, 0.25) is 0 Å². The van der Waals surface area contributed by atoms with Gasteiger partial charge in [0.05, 0.1) is 13.0 Å². The molecule has 19 heavy (non-hydrogen) atoms. The topological polar surface area (TPSA) is 66.8 Å². The summed E-state index contributed by atoms with van der Waals surface area (Å²) in [6.45, 7) is 3.10. The number of carbonyl (C=O) groups is 2. The van der Waals surface area contributed by atoms with Gasteiger partial charge in [-0.1, -0.05) is 0 Å². The molecule has 1 unspecified atom stereocenters. The first-order valence-corrected chi connectivity index (χ1v) is 7.19. The number of hydrogen-bond donors (Lipinski definition) is 1. The number of rotatable bonds is 3. The van der Waals surface area contributed by atoms with Gasteiger partial charge < -0.3 is 14.7 Å². The van der Waals surface area contributed by atoms with Gasteiger partial charge in [-0.3, -0.25) is 4.79 Å². The van der Waals surface area contributed by atoms with E-state index in [1.54, 1.807) is 23.2 Å². The van der Waals surface area contributed by atoms with Crippen LogP contribution in [0.5, 0.6) is 0 Å². The summed E-state index contributed by atoms with van der Waals surface area (Å²) in [6, 6.07) is 1.97. The first kappa shape index (κ1) is 13.9. The largest absolute Gasteiger partial charge is 0.481 e. The average molecular weight is 283 g/mol. The molecule has 2 rings (SSSR count). The van der Waals surface area contributed by atoms with Crippen LogP contribution in [-0.4, -0.2) is 41.8 Å². The molecule has 104 valence electrons. The number of nitrogens with zero attached hydrogens (tertiary/aromatic N) is 1. The van der Waals surface area contributed by atoms with E-state index in [1.807, 2.05) is 11.4 Å². The van der Waals surface area contributed by atoms with Gasteiger partial charge >= 0.3 is 12.1 Å². The minimum atomic E-state index is -0.840. The van der Waals surface area contributed by atoms with Crippen LogP contribution in [-0.2, 0) is 16.0 Å². The predicted octanol–water partition coefficient (Wildman–Crippen LogP) is 2.32. The van der Waals surface area contributed by atoms with E-state index in [-0.39, 0.29) is 18.4 Å². The summed E-state index contributed by atoms with van der Waals surface area (Å²) in [6.07, 6.45) is 0.453. The number of hydrogen-bond acceptors (Lipinski definition) is 4. The Morgan fingerprint density at radius 1 is 1.58 bits per heavy atom. The number of thiophene rings is 1. The van der Waals surface area contributed by atoms with Crippen LogP contribution in [0.25, 0.3) is 0 Å². The average Bonchev–Trinajstić information content (AvgIpc) is 2.75. The van der Waals surface area contributed by atoms with Crippen LogP contribution >= 0.6 is 11.3 Å². The molecule has 0 aromatic carbocycles. The molecule has 1 amide bonds. The zero-order valence-electron chi connectivity index (χ0n) is 10.8. The van der Waals surface area contributed by atoms with E-state index in [1.165, 1.54) is 4.88 Å². The molecule has 1 aliphatic rings. The molecular formula is C13H17NO4S. The van der Waals surface area contributed by atoms with Gasteiger partial charge in [0.1, 0.15) is 0 Å². The standard InChI is InChI=1S/C13H17NO4S/c1-2-18-13(17)14-5-3-11-10(4-6-19-11)9(8-14)7-12(15)16/h4,6,9H,2-3,5,7-8H2,1H3,(H,15,16). The van der Waals surface area contributed by atoms with Crippen molar-refractivity contribution in [1.82, 2.24) is 4.90 Å². The van der Waals surface area contributed by atoms with E-state index in [0.717, 1.165) is 12.0 Å². The molecule has 2 heterocycles. The molecule has 1 N–H and O–H groups in total. The lowest BCUT2D eigenvalue weighted by molar-refractivity contribution is -0.137. The Hall–Kier alpha value is -1.56. The van der Waals surface area contributed by atoms with E-state index < -0.39 is 5.97 Å². The van der Waals surface area contributed by atoms with Gasteiger partial charge in [-0.25, -0.2) is 4.79 Å². The fraction of sp³-hybridized carbons (Fsp3) is 0.538. The number of carboxylic acids is 1. The fourth-order valence-corrected chi connectivity index (χ4v) is 3.33. The lowest BCUT2D eigenvalue weighted by Gasteiger charge is -2.23. The van der Waals surface area contributed by atoms with Gasteiger partial charge in [0.25, 0.3) is 0 Å². The van der Waals surface area contributed by atoms with Crippen LogP contribution in [0.3, 0.4) is 0 Å². The third-order valence-corrected chi connectivity index (χ3v) is 4.21. The molecule has 1 aromatic heterocycles. The van der Waals surface area contributed by atoms with E-state index in [9.17, 15) is 9.59 Å². The molecule has 0 radical (unpaired) electrons. The molecule has 1 aromatic rings. The number of carbonyl (C=O) groups excluding carboxylic acids is 1. The smallest absolute Gasteiger partial charge is 0.409 e. The van der Waals surface area contributed by atoms with Gasteiger partial charge in [-0.2, -0.15) is 0 Å². The second-order valence-corrected chi connectivity index (χ2v) is 5.49. The fourth-order valence-electron chi connectivity index (χ4n) is 2.38. The summed E-state index contributed by atoms with van der Waals surface area (Å²) < 4.78 is 5.01. The monoisotopic (exact) mass is 283 g/mol. The summed E-state index contributed by atoms with van der Waals surface area (Å²) in [5, 5.41) is 11.0. The molecule has 1 aliphatic heterocycles. The summed E-state index contributed by atoms with van der Waals surface area (Å²) >= 11 is 1.62. The maximum Gasteiger partial charge on any atom is 0.409 e. The van der Waals surface area contributed by atoms with Gasteiger partial charge in [0.2, 0.25) is 0 Å². The van der Waals surface area contributed by atoms with Crippen molar-refractivity contribution in [2.75, 3.05) is 19.7 Å². The minimum Gasteiger partial charge on any atom is -0.481 e. The lowest BCUT2D eigenvalue weighted by Crippen LogP contribution is -2.35. The lowest BCUT2D eigenvalue weighted by atomic mass is 9.96. The van der Waals surface area contributed by atoms with Crippen molar-refractivity contribution in [1.29, 1.82) is 0 Å². The zero-order valence-corrected chi connectivity index (χ0v) is 11.6. The Balaban J connectivity index is 2.17. The van der Waals surface area contributed by atoms with Crippen molar-refractivity contribution in [3.63, 3.8) is 0 Å². The molecule has 0 bridgehead atoms. The van der Waals surface area contributed by atoms with Crippen LogP contribution in [0.4, 0.5) is 4.79 Å². The number of carboxylic acid groups (broad SMARTS) is 1. The molecular weight excluding hydrogens is 266 g/mol. The Bertz CT molecular complexity index is 471. The SMILES string of the molecule is CCOC(=O)N1CCc2sccc2C(CC(=O)O)C1. The molecule has 0 saturated heterocycles. The number of ether oxygens (including phenoxy) is 1. The highest BCUT2D eigenvalue weighted by Crippen LogP contribution is 2.31. The first-order chi connectivity index (χ1) is 9.11. The highest BCUT2D eigenvalue weighted by atomic mass is 32.1. The van der Waals surface area contributed by atoms with Crippen LogP contribution in [0.15, 0.2) is 11.4 Å². The third-order valence-electron chi connectivity index (χ3n) is 3.22. The van der Waals surface area contributed by atoms with Crippen LogP contribution in [0, 0.1) is 0 Å². The maximum absolute atomic E-state index is 11.8. The maximum atomic E-state index is 11.8. The molecule has 0 fully saturated rings. The van der Waals surface area contributed by atoms with Gasteiger partial charge in [0, 0.05) is 23.9 Å². The van der Waals surface area contributed by atoms with Crippen molar-refractivity contribution in [2.45, 2.75) is 25.7 Å². The quantitative estimate of drug-likeness (QED) is 0.924. The van der Waals surface area contributed by atoms with Crippen molar-refractivity contribution in [3.05, 3.63) is 21.9 Å². The summed E-state index contributed by atoms with van der Waals surface area (Å²) in [5.74, 6) is -0.987.